The van der Waals surface area contributed by atoms with E-state index in [1.165, 1.54) is 5.56 Å². The zero-order valence-corrected chi connectivity index (χ0v) is 13.5. The summed E-state index contributed by atoms with van der Waals surface area (Å²) < 4.78 is 5.09. The lowest BCUT2D eigenvalue weighted by Gasteiger charge is -2.25. The topological polar surface area (TPSA) is 68.0 Å². The van der Waals surface area contributed by atoms with E-state index < -0.39 is 5.54 Å². The van der Waals surface area contributed by atoms with Crippen molar-refractivity contribution in [1.82, 2.24) is 15.5 Å². The molecule has 5 nitrogen and oxygen atoms in total. The molecule has 1 aliphatic carbocycles. The van der Waals surface area contributed by atoms with E-state index in [2.05, 4.69) is 15.5 Å². The largest absolute Gasteiger partial charge is 0.340 e. The van der Waals surface area contributed by atoms with Crippen molar-refractivity contribution in [2.24, 2.45) is 0 Å². The SMILES string of the molecule is Cc1ccc(/C=C/C(=O)NC2(c3noc(C)n3)CCCC2)cc1. The first-order valence-corrected chi connectivity index (χ1v) is 7.95. The Kier molecular flexibility index (Phi) is 4.28. The zero-order valence-electron chi connectivity index (χ0n) is 13.5. The number of aromatic nitrogens is 2. The number of hydrogen-bond donors (Lipinski definition) is 1. The van der Waals surface area contributed by atoms with Crippen molar-refractivity contribution >= 4 is 12.0 Å². The van der Waals surface area contributed by atoms with Crippen LogP contribution in [0.3, 0.4) is 0 Å². The molecule has 1 aliphatic rings. The van der Waals surface area contributed by atoms with Gasteiger partial charge in [-0.3, -0.25) is 4.79 Å². The fourth-order valence-electron chi connectivity index (χ4n) is 3.00. The van der Waals surface area contributed by atoms with Crippen molar-refractivity contribution in [2.75, 3.05) is 0 Å². The van der Waals surface area contributed by atoms with Crippen LogP contribution in [0.5, 0.6) is 0 Å². The monoisotopic (exact) mass is 311 g/mol. The lowest BCUT2D eigenvalue weighted by atomic mass is 9.96. The summed E-state index contributed by atoms with van der Waals surface area (Å²) in [6.45, 7) is 3.80. The lowest BCUT2D eigenvalue weighted by molar-refractivity contribution is -0.118. The molecule has 0 aliphatic heterocycles. The Balaban J connectivity index is 1.73. The maximum atomic E-state index is 12.3. The highest BCUT2D eigenvalue weighted by atomic mass is 16.5. The average Bonchev–Trinajstić information content (AvgIpc) is 3.17. The molecule has 0 saturated heterocycles. The highest BCUT2D eigenvalue weighted by Crippen LogP contribution is 2.37. The van der Waals surface area contributed by atoms with E-state index in [1.54, 1.807) is 13.0 Å². The van der Waals surface area contributed by atoms with Crippen LogP contribution in [0, 0.1) is 13.8 Å². The van der Waals surface area contributed by atoms with E-state index in [-0.39, 0.29) is 5.91 Å². The maximum Gasteiger partial charge on any atom is 0.244 e. The lowest BCUT2D eigenvalue weighted by Crippen LogP contribution is -2.44. The summed E-state index contributed by atoms with van der Waals surface area (Å²) in [7, 11) is 0. The second-order valence-electron chi connectivity index (χ2n) is 6.16. The average molecular weight is 311 g/mol. The summed E-state index contributed by atoms with van der Waals surface area (Å²) in [5, 5.41) is 7.12. The van der Waals surface area contributed by atoms with Gasteiger partial charge in [-0.25, -0.2) is 0 Å². The molecule has 23 heavy (non-hydrogen) atoms. The molecule has 3 rings (SSSR count). The first-order valence-electron chi connectivity index (χ1n) is 7.95. The van der Waals surface area contributed by atoms with Crippen LogP contribution >= 0.6 is 0 Å². The van der Waals surface area contributed by atoms with Crippen molar-refractivity contribution in [1.29, 1.82) is 0 Å². The molecule has 1 aromatic carbocycles. The van der Waals surface area contributed by atoms with Crippen molar-refractivity contribution < 1.29 is 9.32 Å². The molecule has 0 bridgehead atoms. The highest BCUT2D eigenvalue weighted by molar-refractivity contribution is 5.92. The number of carbonyl (C=O) groups is 1. The number of amides is 1. The van der Waals surface area contributed by atoms with E-state index in [0.717, 1.165) is 31.2 Å². The predicted molar refractivity (Wildman–Crippen MR) is 87.5 cm³/mol. The first kappa shape index (κ1) is 15.5. The van der Waals surface area contributed by atoms with Crippen LogP contribution in [-0.2, 0) is 10.3 Å². The van der Waals surface area contributed by atoms with E-state index in [9.17, 15) is 4.79 Å². The van der Waals surface area contributed by atoms with Crippen molar-refractivity contribution in [3.63, 3.8) is 0 Å². The quantitative estimate of drug-likeness (QED) is 0.880. The summed E-state index contributed by atoms with van der Waals surface area (Å²) in [5.41, 5.74) is 1.71. The van der Waals surface area contributed by atoms with Crippen LogP contribution in [0.2, 0.25) is 0 Å². The fraction of sp³-hybridized carbons (Fsp3) is 0.389. The van der Waals surface area contributed by atoms with Crippen LogP contribution in [0.25, 0.3) is 6.08 Å². The van der Waals surface area contributed by atoms with Crippen molar-refractivity contribution in [2.45, 2.75) is 45.1 Å². The van der Waals surface area contributed by atoms with Gasteiger partial charge in [0.15, 0.2) is 5.82 Å². The highest BCUT2D eigenvalue weighted by Gasteiger charge is 2.40. The number of nitrogens with zero attached hydrogens (tertiary/aromatic N) is 2. The van der Waals surface area contributed by atoms with Crippen LogP contribution in [0.1, 0.15) is 48.5 Å². The van der Waals surface area contributed by atoms with Gasteiger partial charge in [0.05, 0.1) is 0 Å². The normalized spacial score (nSPS) is 16.8. The minimum Gasteiger partial charge on any atom is -0.340 e. The Bertz CT molecular complexity index is 710. The van der Waals surface area contributed by atoms with Crippen LogP contribution in [0.15, 0.2) is 34.9 Å². The number of nitrogens with one attached hydrogen (secondary N) is 1. The van der Waals surface area contributed by atoms with Gasteiger partial charge in [0.25, 0.3) is 0 Å². The Morgan fingerprint density at radius 3 is 2.52 bits per heavy atom. The van der Waals surface area contributed by atoms with E-state index >= 15 is 0 Å². The molecule has 1 amide bonds. The van der Waals surface area contributed by atoms with Crippen LogP contribution in [0.4, 0.5) is 0 Å². The van der Waals surface area contributed by atoms with Crippen LogP contribution < -0.4 is 5.32 Å². The Labute approximate surface area is 135 Å². The van der Waals surface area contributed by atoms with E-state index in [4.69, 9.17) is 4.52 Å². The van der Waals surface area contributed by atoms with E-state index in [1.807, 2.05) is 37.3 Å². The Hall–Kier alpha value is -2.43. The van der Waals surface area contributed by atoms with Gasteiger partial charge < -0.3 is 9.84 Å². The molecule has 0 unspecified atom stereocenters. The van der Waals surface area contributed by atoms with Crippen molar-refractivity contribution in [3.05, 3.63) is 53.2 Å². The molecule has 1 aromatic heterocycles. The second kappa shape index (κ2) is 6.36. The summed E-state index contributed by atoms with van der Waals surface area (Å²) >= 11 is 0. The molecule has 1 heterocycles. The first-order chi connectivity index (χ1) is 11.1. The molecule has 2 aromatic rings. The van der Waals surface area contributed by atoms with Crippen LogP contribution in [-0.4, -0.2) is 16.0 Å². The molecule has 1 saturated carbocycles. The predicted octanol–water partition coefficient (Wildman–Crippen LogP) is 3.29. The molecule has 5 heteroatoms. The number of aryl methyl sites for hydroxylation is 2. The Morgan fingerprint density at radius 1 is 1.22 bits per heavy atom. The third kappa shape index (κ3) is 3.50. The molecule has 1 fully saturated rings. The molecular weight excluding hydrogens is 290 g/mol. The maximum absolute atomic E-state index is 12.3. The second-order valence-corrected chi connectivity index (χ2v) is 6.16. The van der Waals surface area contributed by atoms with Gasteiger partial charge in [-0.2, -0.15) is 4.98 Å². The zero-order chi connectivity index (χ0) is 16.3. The fourth-order valence-corrected chi connectivity index (χ4v) is 3.00. The standard InChI is InChI=1S/C18H21N3O2/c1-13-5-7-15(8-6-13)9-10-16(22)20-18(11-3-4-12-18)17-19-14(2)23-21-17/h5-10H,3-4,11-12H2,1-2H3,(H,20,22)/b10-9+. The van der Waals surface area contributed by atoms with Gasteiger partial charge in [-0.05, 0) is 31.4 Å². The third-order valence-electron chi connectivity index (χ3n) is 4.28. The third-order valence-corrected chi connectivity index (χ3v) is 4.28. The molecule has 1 N–H and O–H groups in total. The van der Waals surface area contributed by atoms with Gasteiger partial charge in [0.1, 0.15) is 5.54 Å². The molecular formula is C18H21N3O2. The van der Waals surface area contributed by atoms with Gasteiger partial charge in [-0.1, -0.05) is 47.8 Å². The minimum absolute atomic E-state index is 0.130. The van der Waals surface area contributed by atoms with Gasteiger partial charge >= 0.3 is 0 Å². The summed E-state index contributed by atoms with van der Waals surface area (Å²) in [6.07, 6.45) is 7.17. The number of carbonyl (C=O) groups excluding carboxylic acids is 1. The summed E-state index contributed by atoms with van der Waals surface area (Å²) in [6, 6.07) is 8.04. The smallest absolute Gasteiger partial charge is 0.244 e. The van der Waals surface area contributed by atoms with Gasteiger partial charge in [0.2, 0.25) is 11.8 Å². The summed E-state index contributed by atoms with van der Waals surface area (Å²) in [5.74, 6) is 0.982. The van der Waals surface area contributed by atoms with Gasteiger partial charge in [-0.15, -0.1) is 0 Å². The molecule has 0 atom stereocenters. The van der Waals surface area contributed by atoms with Gasteiger partial charge in [0, 0.05) is 13.0 Å². The number of hydrogen-bond acceptors (Lipinski definition) is 4. The minimum atomic E-state index is -0.494. The summed E-state index contributed by atoms with van der Waals surface area (Å²) in [4.78, 5) is 16.7. The molecule has 0 radical (unpaired) electrons. The molecule has 0 spiro atoms. The number of rotatable bonds is 4. The van der Waals surface area contributed by atoms with Crippen molar-refractivity contribution in [3.8, 4) is 0 Å². The number of benzene rings is 1. The molecule has 120 valence electrons. The Morgan fingerprint density at radius 2 is 1.91 bits per heavy atom. The van der Waals surface area contributed by atoms with E-state index in [0.29, 0.717) is 11.7 Å².